The van der Waals surface area contributed by atoms with Crippen LogP contribution in [0.3, 0.4) is 0 Å². The van der Waals surface area contributed by atoms with Gasteiger partial charge in [-0.15, -0.1) is 4.72 Å². The zero-order chi connectivity index (χ0) is 18.1. The van der Waals surface area contributed by atoms with Crippen LogP contribution in [0, 0.1) is 5.82 Å². The predicted octanol–water partition coefficient (Wildman–Crippen LogP) is 4.21. The fourth-order valence-corrected chi connectivity index (χ4v) is 2.90. The van der Waals surface area contributed by atoms with E-state index in [1.807, 2.05) is 0 Å². The molecule has 3 nitrogen and oxygen atoms in total. The normalized spacial score (nSPS) is 18.5. The van der Waals surface area contributed by atoms with Crippen LogP contribution in [0.4, 0.5) is 13.2 Å². The summed E-state index contributed by atoms with van der Waals surface area (Å²) in [6.45, 7) is 6.11. The molecule has 1 fully saturated rings. The van der Waals surface area contributed by atoms with Crippen molar-refractivity contribution in [2.75, 3.05) is 6.61 Å². The second kappa shape index (κ2) is 7.23. The Morgan fingerprint density at radius 1 is 1.33 bits per heavy atom. The van der Waals surface area contributed by atoms with Crippen LogP contribution in [-0.2, 0) is 22.0 Å². The monoisotopic (exact) mass is 363 g/mol. The first-order chi connectivity index (χ1) is 11.0. The van der Waals surface area contributed by atoms with Gasteiger partial charge in [0.2, 0.25) is 0 Å². The first kappa shape index (κ1) is 19.6. The van der Waals surface area contributed by atoms with E-state index in [0.29, 0.717) is 0 Å². The Morgan fingerprint density at radius 3 is 2.50 bits per heavy atom. The molecule has 1 N–H and O–H groups in total. The van der Waals surface area contributed by atoms with Gasteiger partial charge in [-0.25, -0.2) is 4.39 Å². The van der Waals surface area contributed by atoms with Crippen LogP contribution in [0.15, 0.2) is 18.2 Å². The van der Waals surface area contributed by atoms with Crippen molar-refractivity contribution in [3.05, 3.63) is 35.1 Å². The van der Waals surface area contributed by atoms with Gasteiger partial charge in [-0.1, -0.05) is 12.1 Å². The molecule has 24 heavy (non-hydrogen) atoms. The van der Waals surface area contributed by atoms with Gasteiger partial charge in [0.15, 0.2) is 0 Å². The third-order valence-corrected chi connectivity index (χ3v) is 5.43. The highest BCUT2D eigenvalue weighted by atomic mass is 32.2. The molecular weight excluding hydrogens is 339 g/mol. The number of halogens is 3. The molecule has 0 radical (unpaired) electrons. The van der Waals surface area contributed by atoms with Crippen molar-refractivity contribution in [1.82, 2.24) is 4.72 Å². The molecular formula is C17H24F3NO2S. The Hall–Kier alpha value is -0.760. The highest BCUT2D eigenvalue weighted by Crippen LogP contribution is 2.35. The maximum absolute atomic E-state index is 14.6. The lowest BCUT2D eigenvalue weighted by Crippen LogP contribution is -2.40. The average molecular weight is 363 g/mol. The van der Waals surface area contributed by atoms with Gasteiger partial charge in [0.25, 0.3) is 5.92 Å². The van der Waals surface area contributed by atoms with Crippen LogP contribution in [-0.4, -0.2) is 22.0 Å². The first-order valence-electron chi connectivity index (χ1n) is 7.99. The third kappa shape index (κ3) is 4.88. The summed E-state index contributed by atoms with van der Waals surface area (Å²) in [7, 11) is 0. The van der Waals surface area contributed by atoms with Crippen LogP contribution < -0.4 is 4.72 Å². The molecule has 1 aliphatic rings. The Kier molecular flexibility index (Phi) is 5.90. The molecule has 136 valence electrons. The molecule has 0 bridgehead atoms. The van der Waals surface area contributed by atoms with Gasteiger partial charge in [-0.2, -0.15) is 8.78 Å². The molecule has 1 aromatic rings. The average Bonchev–Trinajstić information content (AvgIpc) is 3.28. The molecule has 0 amide bonds. The van der Waals surface area contributed by atoms with Crippen molar-refractivity contribution in [3.8, 4) is 0 Å². The van der Waals surface area contributed by atoms with Crippen molar-refractivity contribution >= 4 is 11.4 Å². The molecule has 1 aliphatic carbocycles. The number of benzene rings is 1. The van der Waals surface area contributed by atoms with Crippen LogP contribution in [0.2, 0.25) is 0 Å². The number of ether oxygens (including phenoxy) is 1. The number of hydrogen-bond acceptors (Lipinski definition) is 3. The van der Waals surface area contributed by atoms with Crippen molar-refractivity contribution < 1.29 is 22.5 Å². The van der Waals surface area contributed by atoms with Gasteiger partial charge in [-0.3, -0.25) is 0 Å². The first-order valence-corrected chi connectivity index (χ1v) is 9.13. The highest BCUT2D eigenvalue weighted by Gasteiger charge is 2.39. The molecule has 1 aromatic carbocycles. The van der Waals surface area contributed by atoms with Crippen molar-refractivity contribution in [2.45, 2.75) is 63.4 Å². The van der Waals surface area contributed by atoms with E-state index < -0.39 is 46.1 Å². The fraction of sp³-hybridized carbons (Fsp3) is 0.647. The van der Waals surface area contributed by atoms with Crippen LogP contribution >= 0.6 is 0 Å². The maximum Gasteiger partial charge on any atom is 0.298 e. The van der Waals surface area contributed by atoms with E-state index in [-0.39, 0.29) is 11.7 Å². The largest absolute Gasteiger partial charge is 0.598 e. The second-order valence-electron chi connectivity index (χ2n) is 7.14. The molecule has 0 spiro atoms. The summed E-state index contributed by atoms with van der Waals surface area (Å²) in [6, 6.07) is 3.22. The summed E-state index contributed by atoms with van der Waals surface area (Å²) < 4.78 is 62.6. The summed E-state index contributed by atoms with van der Waals surface area (Å²) in [5, 5.41) is 0. The van der Waals surface area contributed by atoms with Crippen LogP contribution in [0.5, 0.6) is 0 Å². The van der Waals surface area contributed by atoms with Gasteiger partial charge in [0.05, 0.1) is 17.7 Å². The van der Waals surface area contributed by atoms with Crippen LogP contribution in [0.25, 0.3) is 0 Å². The van der Waals surface area contributed by atoms with Gasteiger partial charge >= 0.3 is 0 Å². The smallest absolute Gasteiger partial charge is 0.298 e. The Bertz CT molecular complexity index is 573. The van der Waals surface area contributed by atoms with E-state index in [9.17, 15) is 17.7 Å². The number of hydrogen-bond donors (Lipinski definition) is 1. The third-order valence-electron chi connectivity index (χ3n) is 3.75. The minimum Gasteiger partial charge on any atom is -0.598 e. The van der Waals surface area contributed by atoms with E-state index in [1.54, 1.807) is 27.7 Å². The Labute approximate surface area is 144 Å². The lowest BCUT2D eigenvalue weighted by Gasteiger charge is -2.27. The SMILES string of the molecule is CC(N[S+]([O-])C(C)(C)C)c1cccc(C(F)(F)COC2CC2)c1F. The topological polar surface area (TPSA) is 44.3 Å². The van der Waals surface area contributed by atoms with Gasteiger partial charge in [-0.05, 0) is 46.6 Å². The molecule has 0 heterocycles. The molecule has 2 rings (SSSR count). The van der Waals surface area contributed by atoms with Crippen molar-refractivity contribution in [2.24, 2.45) is 0 Å². The van der Waals surface area contributed by atoms with E-state index >= 15 is 0 Å². The van der Waals surface area contributed by atoms with Crippen LogP contribution in [0.1, 0.15) is 57.7 Å². The fourth-order valence-electron chi connectivity index (χ4n) is 2.10. The zero-order valence-corrected chi connectivity index (χ0v) is 15.2. The molecule has 2 atom stereocenters. The van der Waals surface area contributed by atoms with Gasteiger partial charge in [0.1, 0.15) is 17.2 Å². The van der Waals surface area contributed by atoms with Gasteiger partial charge in [0, 0.05) is 16.9 Å². The summed E-state index contributed by atoms with van der Waals surface area (Å²) in [5.41, 5.74) is -0.618. The Morgan fingerprint density at radius 2 is 1.96 bits per heavy atom. The lowest BCUT2D eigenvalue weighted by molar-refractivity contribution is -0.0895. The zero-order valence-electron chi connectivity index (χ0n) is 14.4. The minimum absolute atomic E-state index is 0.0659. The van der Waals surface area contributed by atoms with E-state index in [2.05, 4.69) is 4.72 Å². The molecule has 0 saturated heterocycles. The lowest BCUT2D eigenvalue weighted by atomic mass is 10.0. The number of rotatable bonds is 7. The highest BCUT2D eigenvalue weighted by molar-refractivity contribution is 7.90. The summed E-state index contributed by atoms with van der Waals surface area (Å²) >= 11 is -1.43. The molecule has 0 aliphatic heterocycles. The molecule has 7 heteroatoms. The summed E-state index contributed by atoms with van der Waals surface area (Å²) in [5.74, 6) is -4.38. The Balaban J connectivity index is 2.16. The van der Waals surface area contributed by atoms with E-state index in [0.717, 1.165) is 18.9 Å². The summed E-state index contributed by atoms with van der Waals surface area (Å²) in [4.78, 5) is 0. The second-order valence-corrected chi connectivity index (χ2v) is 9.14. The van der Waals surface area contributed by atoms with E-state index in [4.69, 9.17) is 4.74 Å². The quantitative estimate of drug-likeness (QED) is 0.738. The van der Waals surface area contributed by atoms with Crippen molar-refractivity contribution in [1.29, 1.82) is 0 Å². The van der Waals surface area contributed by atoms with Gasteiger partial charge < -0.3 is 9.29 Å². The number of nitrogens with one attached hydrogen (secondary N) is 1. The molecule has 0 aromatic heterocycles. The van der Waals surface area contributed by atoms with Crippen molar-refractivity contribution in [3.63, 3.8) is 0 Å². The summed E-state index contributed by atoms with van der Waals surface area (Å²) in [6.07, 6.45) is 1.42. The minimum atomic E-state index is -3.40. The molecule has 1 saturated carbocycles. The standard InChI is InChI=1S/C17H24F3NO2S/c1-11(21-24(22)16(2,3)4)13-6-5-7-14(15(13)18)17(19,20)10-23-12-8-9-12/h5-7,11-12,21H,8-10H2,1-4H3. The molecule has 2 unspecified atom stereocenters. The maximum atomic E-state index is 14.6. The number of alkyl halides is 2. The predicted molar refractivity (Wildman–Crippen MR) is 88.7 cm³/mol. The van der Waals surface area contributed by atoms with E-state index in [1.165, 1.54) is 12.1 Å².